The van der Waals surface area contributed by atoms with Crippen LogP contribution in [0.2, 0.25) is 5.02 Å². The summed E-state index contributed by atoms with van der Waals surface area (Å²) in [6, 6.07) is 4.23. The van der Waals surface area contributed by atoms with Crippen molar-refractivity contribution in [2.45, 2.75) is 11.3 Å². The van der Waals surface area contributed by atoms with Gasteiger partial charge in [-0.1, -0.05) is 11.6 Å². The van der Waals surface area contributed by atoms with Crippen molar-refractivity contribution in [1.29, 1.82) is 0 Å². The van der Waals surface area contributed by atoms with E-state index in [0.29, 0.717) is 24.5 Å². The van der Waals surface area contributed by atoms with E-state index in [9.17, 15) is 13.2 Å². The average molecular weight is 318 g/mol. The quantitative estimate of drug-likeness (QED) is 0.817. The fourth-order valence-corrected chi connectivity index (χ4v) is 3.76. The Morgan fingerprint density at radius 3 is 2.65 bits per heavy atom. The number of halogens is 1. The Kier molecular flexibility index (Phi) is 4.22. The van der Waals surface area contributed by atoms with Crippen molar-refractivity contribution in [3.8, 4) is 0 Å². The molecule has 2 N–H and O–H groups in total. The van der Waals surface area contributed by atoms with Crippen LogP contribution >= 0.6 is 11.6 Å². The van der Waals surface area contributed by atoms with Crippen molar-refractivity contribution >= 4 is 33.2 Å². The summed E-state index contributed by atoms with van der Waals surface area (Å²) in [6.07, 6.45) is 0.592. The Hall–Kier alpha value is -1.31. The summed E-state index contributed by atoms with van der Waals surface area (Å²) in [6.45, 7) is 0.669. The van der Waals surface area contributed by atoms with Gasteiger partial charge in [0.15, 0.2) is 0 Å². The van der Waals surface area contributed by atoms with Crippen molar-refractivity contribution in [1.82, 2.24) is 9.21 Å². The number of carbonyl (C=O) groups excluding carboxylic acids is 1. The molecule has 1 aliphatic heterocycles. The third kappa shape index (κ3) is 2.89. The maximum atomic E-state index is 12.6. The lowest BCUT2D eigenvalue weighted by Gasteiger charge is -2.20. The smallest absolute Gasteiger partial charge is 0.245 e. The minimum atomic E-state index is -3.79. The molecule has 6 nitrogen and oxygen atoms in total. The predicted octanol–water partition coefficient (Wildman–Crippen LogP) is 0.775. The van der Waals surface area contributed by atoms with Gasteiger partial charge in [-0.05, 0) is 24.6 Å². The van der Waals surface area contributed by atoms with Crippen LogP contribution in [0.1, 0.15) is 6.42 Å². The van der Waals surface area contributed by atoms with E-state index >= 15 is 0 Å². The molecule has 8 heteroatoms. The van der Waals surface area contributed by atoms with Gasteiger partial charge >= 0.3 is 0 Å². The Morgan fingerprint density at radius 2 is 2.00 bits per heavy atom. The number of nitrogen functional groups attached to an aromatic ring is 1. The molecule has 0 aromatic heterocycles. The first-order valence-electron chi connectivity index (χ1n) is 6.11. The fraction of sp³-hybridized carbons (Fsp3) is 0.417. The van der Waals surface area contributed by atoms with Gasteiger partial charge in [-0.15, -0.1) is 0 Å². The standard InChI is InChI=1S/C12H16ClN3O3S/c1-15-5-2-6-16(8-12(15)17)20(18,19)11-4-3-9(13)7-10(11)14/h3-4,7H,2,5-6,8,14H2,1H3. The Balaban J connectivity index is 2.36. The van der Waals surface area contributed by atoms with E-state index in [0.717, 1.165) is 0 Å². The number of likely N-dealkylation sites (N-methyl/N-ethyl adjacent to an activating group) is 1. The van der Waals surface area contributed by atoms with Gasteiger partial charge in [-0.25, -0.2) is 8.42 Å². The molecule has 1 fully saturated rings. The Morgan fingerprint density at radius 1 is 1.30 bits per heavy atom. The van der Waals surface area contributed by atoms with Crippen molar-refractivity contribution in [3.63, 3.8) is 0 Å². The largest absolute Gasteiger partial charge is 0.398 e. The molecule has 20 heavy (non-hydrogen) atoms. The molecule has 1 aromatic carbocycles. The van der Waals surface area contributed by atoms with Gasteiger partial charge < -0.3 is 10.6 Å². The molecular formula is C12H16ClN3O3S. The summed E-state index contributed by atoms with van der Waals surface area (Å²) in [5.74, 6) is -0.224. The van der Waals surface area contributed by atoms with E-state index < -0.39 is 10.0 Å². The normalized spacial score (nSPS) is 18.1. The molecular weight excluding hydrogens is 302 g/mol. The zero-order valence-electron chi connectivity index (χ0n) is 11.0. The van der Waals surface area contributed by atoms with Crippen LogP contribution < -0.4 is 5.73 Å². The number of hydrogen-bond acceptors (Lipinski definition) is 4. The van der Waals surface area contributed by atoms with Crippen molar-refractivity contribution < 1.29 is 13.2 Å². The second-order valence-electron chi connectivity index (χ2n) is 4.69. The lowest BCUT2D eigenvalue weighted by atomic mass is 10.3. The van der Waals surface area contributed by atoms with Crippen LogP contribution in [0.3, 0.4) is 0 Å². The zero-order chi connectivity index (χ0) is 14.9. The Labute approximate surface area is 123 Å². The number of rotatable bonds is 2. The van der Waals surface area contributed by atoms with Crippen LogP contribution in [0.25, 0.3) is 0 Å². The third-order valence-electron chi connectivity index (χ3n) is 3.23. The number of anilines is 1. The minimum absolute atomic E-state index is 0.0146. The van der Waals surface area contributed by atoms with E-state index in [1.165, 1.54) is 27.4 Å². The number of nitrogens with two attached hydrogens (primary N) is 1. The van der Waals surface area contributed by atoms with Crippen LogP contribution in [0, 0.1) is 0 Å². The van der Waals surface area contributed by atoms with Gasteiger partial charge in [0.1, 0.15) is 4.90 Å². The molecule has 0 unspecified atom stereocenters. The molecule has 0 radical (unpaired) electrons. The molecule has 1 saturated heterocycles. The summed E-state index contributed by atoms with van der Waals surface area (Å²) >= 11 is 5.77. The number of carbonyl (C=O) groups is 1. The van der Waals surface area contributed by atoms with Gasteiger partial charge in [0.05, 0.1) is 12.2 Å². The van der Waals surface area contributed by atoms with Crippen molar-refractivity contribution in [2.75, 3.05) is 32.4 Å². The molecule has 1 heterocycles. The monoisotopic (exact) mass is 317 g/mol. The highest BCUT2D eigenvalue weighted by atomic mass is 35.5. The number of amides is 1. The van der Waals surface area contributed by atoms with Gasteiger partial charge in [-0.2, -0.15) is 4.31 Å². The van der Waals surface area contributed by atoms with Crippen LogP contribution in [-0.4, -0.2) is 50.2 Å². The van der Waals surface area contributed by atoms with Crippen molar-refractivity contribution in [2.24, 2.45) is 0 Å². The van der Waals surface area contributed by atoms with E-state index in [1.54, 1.807) is 7.05 Å². The third-order valence-corrected chi connectivity index (χ3v) is 5.38. The number of nitrogens with zero attached hydrogens (tertiary/aromatic N) is 2. The molecule has 2 rings (SSSR count). The Bertz CT molecular complexity index is 633. The average Bonchev–Trinajstić information content (AvgIpc) is 2.52. The second kappa shape index (κ2) is 5.59. The molecule has 1 amide bonds. The molecule has 0 atom stereocenters. The SMILES string of the molecule is CN1CCCN(S(=O)(=O)c2ccc(Cl)cc2N)CC1=O. The fourth-order valence-electron chi connectivity index (χ4n) is 2.06. The van der Waals surface area contributed by atoms with Crippen LogP contribution in [-0.2, 0) is 14.8 Å². The molecule has 0 aliphatic carbocycles. The first-order chi connectivity index (χ1) is 9.32. The maximum absolute atomic E-state index is 12.6. The van der Waals surface area contributed by atoms with Gasteiger partial charge in [0.2, 0.25) is 15.9 Å². The molecule has 1 aromatic rings. The first-order valence-corrected chi connectivity index (χ1v) is 7.93. The second-order valence-corrected chi connectivity index (χ2v) is 7.03. The van der Waals surface area contributed by atoms with Crippen LogP contribution in [0.15, 0.2) is 23.1 Å². The van der Waals surface area contributed by atoms with Gasteiger partial charge in [-0.3, -0.25) is 4.79 Å². The van der Waals surface area contributed by atoms with Crippen molar-refractivity contribution in [3.05, 3.63) is 23.2 Å². The highest BCUT2D eigenvalue weighted by Gasteiger charge is 2.31. The topological polar surface area (TPSA) is 83.7 Å². The molecule has 0 spiro atoms. The minimum Gasteiger partial charge on any atom is -0.398 e. The molecule has 1 aliphatic rings. The van der Waals surface area contributed by atoms with E-state index in [4.69, 9.17) is 17.3 Å². The van der Waals surface area contributed by atoms with E-state index in [1.807, 2.05) is 0 Å². The predicted molar refractivity (Wildman–Crippen MR) is 76.9 cm³/mol. The molecule has 0 bridgehead atoms. The number of benzene rings is 1. The highest BCUT2D eigenvalue weighted by Crippen LogP contribution is 2.26. The summed E-state index contributed by atoms with van der Waals surface area (Å²) in [7, 11) is -2.13. The zero-order valence-corrected chi connectivity index (χ0v) is 12.6. The molecule has 0 saturated carbocycles. The molecule has 110 valence electrons. The summed E-state index contributed by atoms with van der Waals surface area (Å²) in [5, 5.41) is 0.369. The van der Waals surface area contributed by atoms with Crippen LogP contribution in [0.5, 0.6) is 0 Å². The lowest BCUT2D eigenvalue weighted by Crippen LogP contribution is -2.38. The summed E-state index contributed by atoms with van der Waals surface area (Å²) in [4.78, 5) is 13.3. The maximum Gasteiger partial charge on any atom is 0.245 e. The van der Waals surface area contributed by atoms with Crippen LogP contribution in [0.4, 0.5) is 5.69 Å². The highest BCUT2D eigenvalue weighted by molar-refractivity contribution is 7.89. The number of sulfonamides is 1. The number of hydrogen-bond donors (Lipinski definition) is 1. The summed E-state index contributed by atoms with van der Waals surface area (Å²) < 4.78 is 26.3. The van der Waals surface area contributed by atoms with E-state index in [2.05, 4.69) is 0 Å². The lowest BCUT2D eigenvalue weighted by molar-refractivity contribution is -0.129. The first kappa shape index (κ1) is 15.1. The van der Waals surface area contributed by atoms with Gasteiger partial charge in [0.25, 0.3) is 0 Å². The van der Waals surface area contributed by atoms with E-state index in [-0.39, 0.29) is 23.0 Å². The van der Waals surface area contributed by atoms with Gasteiger partial charge in [0, 0.05) is 25.2 Å². The summed E-state index contributed by atoms with van der Waals surface area (Å²) in [5.41, 5.74) is 5.82.